The van der Waals surface area contributed by atoms with E-state index in [0.29, 0.717) is 28.7 Å². The van der Waals surface area contributed by atoms with E-state index in [0.717, 1.165) is 4.47 Å². The maximum absolute atomic E-state index is 12.0. The molecule has 0 bridgehead atoms. The maximum Gasteiger partial charge on any atom is 0.276 e. The molecule has 25 heavy (non-hydrogen) atoms. The SMILES string of the molecule is CCOc1ccc(C(=O)NNC(=O)COc2ccc(Br)cc2Cl)cc1. The average Bonchev–Trinajstić information content (AvgIpc) is 2.60. The Hall–Kier alpha value is -2.25. The van der Waals surface area contributed by atoms with Gasteiger partial charge in [-0.05, 0) is 49.4 Å². The van der Waals surface area contributed by atoms with Crippen molar-refractivity contribution in [3.63, 3.8) is 0 Å². The summed E-state index contributed by atoms with van der Waals surface area (Å²) in [6.07, 6.45) is 0. The molecule has 0 fully saturated rings. The number of benzene rings is 2. The van der Waals surface area contributed by atoms with Gasteiger partial charge >= 0.3 is 0 Å². The Kier molecular flexibility index (Phi) is 7.09. The summed E-state index contributed by atoms with van der Waals surface area (Å²) >= 11 is 9.27. The highest BCUT2D eigenvalue weighted by Gasteiger charge is 2.09. The van der Waals surface area contributed by atoms with E-state index in [2.05, 4.69) is 26.8 Å². The number of carbonyl (C=O) groups is 2. The van der Waals surface area contributed by atoms with Crippen LogP contribution in [0.4, 0.5) is 0 Å². The number of hydrogen-bond donors (Lipinski definition) is 2. The van der Waals surface area contributed by atoms with Gasteiger partial charge < -0.3 is 9.47 Å². The lowest BCUT2D eigenvalue weighted by atomic mass is 10.2. The van der Waals surface area contributed by atoms with E-state index in [1.165, 1.54) is 0 Å². The average molecular weight is 428 g/mol. The van der Waals surface area contributed by atoms with Crippen LogP contribution in [-0.2, 0) is 4.79 Å². The third-order valence-corrected chi connectivity index (χ3v) is 3.78. The quantitative estimate of drug-likeness (QED) is 0.693. The second kappa shape index (κ2) is 9.29. The number of hydrazine groups is 1. The summed E-state index contributed by atoms with van der Waals surface area (Å²) in [4.78, 5) is 23.7. The van der Waals surface area contributed by atoms with Crippen LogP contribution in [0.3, 0.4) is 0 Å². The minimum absolute atomic E-state index is 0.287. The second-order valence-corrected chi connectivity index (χ2v) is 6.15. The lowest BCUT2D eigenvalue weighted by Gasteiger charge is -2.10. The maximum atomic E-state index is 12.0. The zero-order valence-electron chi connectivity index (χ0n) is 13.3. The van der Waals surface area contributed by atoms with Crippen molar-refractivity contribution in [1.29, 1.82) is 0 Å². The number of carbonyl (C=O) groups excluding carboxylic acids is 2. The van der Waals surface area contributed by atoms with Crippen molar-refractivity contribution in [3.05, 3.63) is 57.5 Å². The van der Waals surface area contributed by atoms with E-state index in [9.17, 15) is 9.59 Å². The summed E-state index contributed by atoms with van der Waals surface area (Å²) in [6, 6.07) is 11.6. The van der Waals surface area contributed by atoms with Crippen LogP contribution in [0.5, 0.6) is 11.5 Å². The summed E-state index contributed by atoms with van der Waals surface area (Å²) in [6.45, 7) is 2.13. The summed E-state index contributed by atoms with van der Waals surface area (Å²) in [7, 11) is 0. The largest absolute Gasteiger partial charge is 0.494 e. The topological polar surface area (TPSA) is 76.7 Å². The van der Waals surface area contributed by atoms with Crippen LogP contribution in [0.25, 0.3) is 0 Å². The van der Waals surface area contributed by atoms with Gasteiger partial charge in [0.25, 0.3) is 11.8 Å². The van der Waals surface area contributed by atoms with Crippen molar-refractivity contribution in [2.45, 2.75) is 6.92 Å². The normalized spacial score (nSPS) is 10.0. The number of ether oxygens (including phenoxy) is 2. The van der Waals surface area contributed by atoms with Crippen LogP contribution in [0.1, 0.15) is 17.3 Å². The van der Waals surface area contributed by atoms with Crippen LogP contribution >= 0.6 is 27.5 Å². The van der Waals surface area contributed by atoms with Gasteiger partial charge in [-0.25, -0.2) is 0 Å². The van der Waals surface area contributed by atoms with E-state index in [-0.39, 0.29) is 6.61 Å². The minimum Gasteiger partial charge on any atom is -0.494 e. The Morgan fingerprint density at radius 2 is 1.80 bits per heavy atom. The molecule has 2 amide bonds. The third kappa shape index (κ3) is 5.95. The van der Waals surface area contributed by atoms with Gasteiger partial charge in [0.2, 0.25) is 0 Å². The fourth-order valence-electron chi connectivity index (χ4n) is 1.84. The second-order valence-electron chi connectivity index (χ2n) is 4.82. The van der Waals surface area contributed by atoms with Gasteiger partial charge in [0.15, 0.2) is 6.61 Å². The molecule has 0 aliphatic carbocycles. The highest BCUT2D eigenvalue weighted by Crippen LogP contribution is 2.27. The number of halogens is 2. The molecule has 2 aromatic carbocycles. The van der Waals surface area contributed by atoms with Gasteiger partial charge in [-0.15, -0.1) is 0 Å². The lowest BCUT2D eigenvalue weighted by molar-refractivity contribution is -0.123. The van der Waals surface area contributed by atoms with Crippen LogP contribution in [0, 0.1) is 0 Å². The van der Waals surface area contributed by atoms with Crippen molar-refractivity contribution in [2.75, 3.05) is 13.2 Å². The number of amides is 2. The first-order valence-corrected chi connectivity index (χ1v) is 8.56. The van der Waals surface area contributed by atoms with Crippen LogP contribution < -0.4 is 20.3 Å². The van der Waals surface area contributed by atoms with Crippen LogP contribution in [0.2, 0.25) is 5.02 Å². The van der Waals surface area contributed by atoms with Gasteiger partial charge in [-0.3, -0.25) is 20.4 Å². The Bertz CT molecular complexity index is 753. The molecule has 8 heteroatoms. The van der Waals surface area contributed by atoms with E-state index in [4.69, 9.17) is 21.1 Å². The van der Waals surface area contributed by atoms with E-state index in [1.807, 2.05) is 6.92 Å². The Balaban J connectivity index is 1.79. The summed E-state index contributed by atoms with van der Waals surface area (Å²) in [5.41, 5.74) is 4.97. The minimum atomic E-state index is -0.515. The molecule has 132 valence electrons. The van der Waals surface area contributed by atoms with Crippen molar-refractivity contribution in [1.82, 2.24) is 10.9 Å². The predicted octanol–water partition coefficient (Wildman–Crippen LogP) is 3.34. The molecule has 0 saturated carbocycles. The highest BCUT2D eigenvalue weighted by atomic mass is 79.9. The van der Waals surface area contributed by atoms with E-state index < -0.39 is 11.8 Å². The molecule has 0 aliphatic rings. The molecule has 0 aliphatic heterocycles. The molecule has 0 radical (unpaired) electrons. The zero-order valence-corrected chi connectivity index (χ0v) is 15.7. The standard InChI is InChI=1S/C17H16BrClN2O4/c1-2-24-13-6-3-11(4-7-13)17(23)21-20-16(22)10-25-15-8-5-12(18)9-14(15)19/h3-9H,2,10H2,1H3,(H,20,22)(H,21,23). The monoisotopic (exact) mass is 426 g/mol. The first-order chi connectivity index (χ1) is 12.0. The summed E-state index contributed by atoms with van der Waals surface area (Å²) in [5.74, 6) is 0.0806. The fraction of sp³-hybridized carbons (Fsp3) is 0.176. The van der Waals surface area contributed by atoms with Crippen molar-refractivity contribution in [3.8, 4) is 11.5 Å². The van der Waals surface area contributed by atoms with Gasteiger partial charge in [-0.2, -0.15) is 0 Å². The molecule has 2 aromatic rings. The Morgan fingerprint density at radius 3 is 2.44 bits per heavy atom. The lowest BCUT2D eigenvalue weighted by Crippen LogP contribution is -2.43. The fourth-order valence-corrected chi connectivity index (χ4v) is 2.57. The first kappa shape index (κ1) is 19.1. The molecule has 0 atom stereocenters. The van der Waals surface area contributed by atoms with Crippen molar-refractivity contribution >= 4 is 39.3 Å². The van der Waals surface area contributed by atoms with Gasteiger partial charge in [0, 0.05) is 10.0 Å². The predicted molar refractivity (Wildman–Crippen MR) is 97.9 cm³/mol. The molecule has 0 saturated heterocycles. The third-order valence-electron chi connectivity index (χ3n) is 3.00. The van der Waals surface area contributed by atoms with Gasteiger partial charge in [0.1, 0.15) is 11.5 Å². The van der Waals surface area contributed by atoms with Crippen molar-refractivity contribution < 1.29 is 19.1 Å². The molecule has 0 heterocycles. The Labute approximate surface area is 158 Å². The summed E-state index contributed by atoms with van der Waals surface area (Å²) < 4.78 is 11.4. The molecule has 2 N–H and O–H groups in total. The van der Waals surface area contributed by atoms with Gasteiger partial charge in [-0.1, -0.05) is 27.5 Å². The molecule has 2 rings (SSSR count). The molecule has 6 nitrogen and oxygen atoms in total. The Morgan fingerprint density at radius 1 is 1.08 bits per heavy atom. The smallest absolute Gasteiger partial charge is 0.276 e. The van der Waals surface area contributed by atoms with Crippen molar-refractivity contribution in [2.24, 2.45) is 0 Å². The number of hydrogen-bond acceptors (Lipinski definition) is 4. The highest BCUT2D eigenvalue weighted by molar-refractivity contribution is 9.10. The first-order valence-electron chi connectivity index (χ1n) is 7.39. The molecular weight excluding hydrogens is 412 g/mol. The van der Waals surface area contributed by atoms with E-state index >= 15 is 0 Å². The number of rotatable bonds is 6. The molecule has 0 aromatic heterocycles. The van der Waals surface area contributed by atoms with Crippen LogP contribution in [0.15, 0.2) is 46.9 Å². The number of nitrogens with one attached hydrogen (secondary N) is 2. The molecule has 0 unspecified atom stereocenters. The van der Waals surface area contributed by atoms with Gasteiger partial charge in [0.05, 0.1) is 11.6 Å². The summed E-state index contributed by atoms with van der Waals surface area (Å²) in [5, 5.41) is 0.376. The molecular formula is C17H16BrClN2O4. The van der Waals surface area contributed by atoms with Crippen LogP contribution in [-0.4, -0.2) is 25.0 Å². The molecule has 0 spiro atoms. The zero-order chi connectivity index (χ0) is 18.2. The van der Waals surface area contributed by atoms with E-state index in [1.54, 1.807) is 42.5 Å².